The molecular weight excluding hydrogens is 266 g/mol. The van der Waals surface area contributed by atoms with Gasteiger partial charge in [-0.1, -0.05) is 0 Å². The first kappa shape index (κ1) is 13.5. The molecule has 0 bridgehead atoms. The summed E-state index contributed by atoms with van der Waals surface area (Å²) in [5.41, 5.74) is 3.07. The van der Waals surface area contributed by atoms with E-state index in [1.807, 2.05) is 25.1 Å². The predicted molar refractivity (Wildman–Crippen MR) is 79.7 cm³/mol. The minimum atomic E-state index is -0.215. The van der Waals surface area contributed by atoms with Crippen LogP contribution in [0.2, 0.25) is 0 Å². The van der Waals surface area contributed by atoms with E-state index in [2.05, 4.69) is 15.3 Å². The lowest BCUT2D eigenvalue weighted by molar-refractivity contribution is 0.102. The van der Waals surface area contributed by atoms with Crippen molar-refractivity contribution in [1.82, 2.24) is 9.97 Å². The summed E-state index contributed by atoms with van der Waals surface area (Å²) in [5.74, 6) is 1.05. The van der Waals surface area contributed by atoms with Crippen molar-refractivity contribution in [3.63, 3.8) is 0 Å². The average Bonchev–Trinajstić information content (AvgIpc) is 3.34. The van der Waals surface area contributed by atoms with Gasteiger partial charge in [0.15, 0.2) is 0 Å². The number of amides is 1. The second-order valence-electron chi connectivity index (χ2n) is 5.24. The average molecular weight is 283 g/mol. The molecule has 5 nitrogen and oxygen atoms in total. The van der Waals surface area contributed by atoms with E-state index in [-0.39, 0.29) is 5.91 Å². The van der Waals surface area contributed by atoms with Crippen LogP contribution in [0.1, 0.15) is 40.5 Å². The molecule has 1 N–H and O–H groups in total. The van der Waals surface area contributed by atoms with Gasteiger partial charge in [0.2, 0.25) is 0 Å². The summed E-state index contributed by atoms with van der Waals surface area (Å²) in [7, 11) is 1.62. The largest absolute Gasteiger partial charge is 0.497 e. The van der Waals surface area contributed by atoms with E-state index in [4.69, 9.17) is 4.74 Å². The van der Waals surface area contributed by atoms with Gasteiger partial charge in [0.1, 0.15) is 17.8 Å². The lowest BCUT2D eigenvalue weighted by Crippen LogP contribution is -2.15. The summed E-state index contributed by atoms with van der Waals surface area (Å²) >= 11 is 0. The van der Waals surface area contributed by atoms with E-state index in [0.717, 1.165) is 35.5 Å². The van der Waals surface area contributed by atoms with Crippen molar-refractivity contribution in [2.75, 3.05) is 12.4 Å². The van der Waals surface area contributed by atoms with E-state index in [9.17, 15) is 4.79 Å². The van der Waals surface area contributed by atoms with E-state index < -0.39 is 0 Å². The zero-order valence-corrected chi connectivity index (χ0v) is 12.1. The van der Waals surface area contributed by atoms with Crippen molar-refractivity contribution in [1.29, 1.82) is 0 Å². The Morgan fingerprint density at radius 3 is 2.76 bits per heavy atom. The van der Waals surface area contributed by atoms with Crippen LogP contribution in [0.25, 0.3) is 0 Å². The number of nitrogens with zero attached hydrogens (tertiary/aromatic N) is 2. The zero-order chi connectivity index (χ0) is 14.8. The van der Waals surface area contributed by atoms with Gasteiger partial charge in [-0.05, 0) is 49.6 Å². The molecule has 21 heavy (non-hydrogen) atoms. The molecule has 1 aromatic carbocycles. The Hall–Kier alpha value is -2.43. The van der Waals surface area contributed by atoms with Crippen LogP contribution in [0.3, 0.4) is 0 Å². The van der Waals surface area contributed by atoms with Crippen LogP contribution in [-0.4, -0.2) is 23.0 Å². The highest BCUT2D eigenvalue weighted by molar-refractivity contribution is 6.03. The molecule has 1 heterocycles. The fraction of sp³-hybridized carbons (Fsp3) is 0.312. The smallest absolute Gasteiger partial charge is 0.274 e. The molecular formula is C16H17N3O2. The SMILES string of the molecule is COc1ccc(NC(=O)c2cc(C3CC3)ncn2)c(C)c1. The standard InChI is InChI=1S/C16H17N3O2/c1-10-7-12(21-2)5-6-13(10)19-16(20)15-8-14(11-3-4-11)17-9-18-15/h5-9,11H,3-4H2,1-2H3,(H,19,20). The number of aryl methyl sites for hydroxylation is 1. The third kappa shape index (κ3) is 3.02. The van der Waals surface area contributed by atoms with Gasteiger partial charge in [-0.15, -0.1) is 0 Å². The molecule has 108 valence electrons. The van der Waals surface area contributed by atoms with Crippen molar-refractivity contribution in [2.45, 2.75) is 25.7 Å². The van der Waals surface area contributed by atoms with Gasteiger partial charge in [-0.3, -0.25) is 4.79 Å². The third-order valence-corrected chi connectivity index (χ3v) is 3.60. The number of benzene rings is 1. The number of aromatic nitrogens is 2. The highest BCUT2D eigenvalue weighted by Gasteiger charge is 2.26. The second-order valence-corrected chi connectivity index (χ2v) is 5.24. The minimum Gasteiger partial charge on any atom is -0.497 e. The molecule has 3 rings (SSSR count). The van der Waals surface area contributed by atoms with Crippen molar-refractivity contribution in [2.24, 2.45) is 0 Å². The molecule has 1 amide bonds. The molecule has 1 saturated carbocycles. The number of hydrogen-bond donors (Lipinski definition) is 1. The Balaban J connectivity index is 1.78. The van der Waals surface area contributed by atoms with Crippen LogP contribution in [-0.2, 0) is 0 Å². The van der Waals surface area contributed by atoms with Gasteiger partial charge in [-0.2, -0.15) is 0 Å². The van der Waals surface area contributed by atoms with Crippen molar-refractivity contribution in [3.8, 4) is 5.75 Å². The molecule has 1 fully saturated rings. The molecule has 0 saturated heterocycles. The van der Waals surface area contributed by atoms with Crippen LogP contribution in [0.4, 0.5) is 5.69 Å². The van der Waals surface area contributed by atoms with Crippen molar-refractivity contribution < 1.29 is 9.53 Å². The summed E-state index contributed by atoms with van der Waals surface area (Å²) in [4.78, 5) is 20.6. The number of nitrogens with one attached hydrogen (secondary N) is 1. The maximum Gasteiger partial charge on any atom is 0.274 e. The fourth-order valence-electron chi connectivity index (χ4n) is 2.19. The predicted octanol–water partition coefficient (Wildman–Crippen LogP) is 2.92. The maximum atomic E-state index is 12.3. The number of methoxy groups -OCH3 is 1. The number of ether oxygens (including phenoxy) is 1. The summed E-state index contributed by atoms with van der Waals surface area (Å²) in [6, 6.07) is 7.31. The fourth-order valence-corrected chi connectivity index (χ4v) is 2.19. The molecule has 2 aromatic rings. The molecule has 1 aliphatic rings. The lowest BCUT2D eigenvalue weighted by atomic mass is 10.2. The second kappa shape index (κ2) is 5.52. The van der Waals surface area contributed by atoms with Crippen LogP contribution in [0.15, 0.2) is 30.6 Å². The van der Waals surface area contributed by atoms with E-state index in [1.54, 1.807) is 13.2 Å². The molecule has 1 aromatic heterocycles. The summed E-state index contributed by atoms with van der Waals surface area (Å²) < 4.78 is 5.16. The van der Waals surface area contributed by atoms with Gasteiger partial charge in [0.25, 0.3) is 5.91 Å². The molecule has 1 aliphatic carbocycles. The Kier molecular flexibility index (Phi) is 3.56. The first-order valence-electron chi connectivity index (χ1n) is 6.95. The molecule has 0 aliphatic heterocycles. The number of carbonyl (C=O) groups is 1. The van der Waals surface area contributed by atoms with E-state index >= 15 is 0 Å². The molecule has 0 atom stereocenters. The van der Waals surface area contributed by atoms with Gasteiger partial charge in [0.05, 0.1) is 7.11 Å². The number of hydrogen-bond acceptors (Lipinski definition) is 4. The van der Waals surface area contributed by atoms with Gasteiger partial charge >= 0.3 is 0 Å². The lowest BCUT2D eigenvalue weighted by Gasteiger charge is -2.10. The van der Waals surface area contributed by atoms with Crippen molar-refractivity contribution >= 4 is 11.6 Å². The van der Waals surface area contributed by atoms with Gasteiger partial charge in [0, 0.05) is 17.3 Å². The molecule has 0 unspecified atom stereocenters. The van der Waals surface area contributed by atoms with E-state index in [0.29, 0.717) is 11.6 Å². The van der Waals surface area contributed by atoms with Crippen LogP contribution in [0.5, 0.6) is 5.75 Å². The topological polar surface area (TPSA) is 64.1 Å². The van der Waals surface area contributed by atoms with Crippen LogP contribution >= 0.6 is 0 Å². The Morgan fingerprint density at radius 2 is 2.10 bits per heavy atom. The normalized spacial score (nSPS) is 13.8. The van der Waals surface area contributed by atoms with E-state index in [1.165, 1.54) is 6.33 Å². The van der Waals surface area contributed by atoms with Crippen LogP contribution < -0.4 is 10.1 Å². The Morgan fingerprint density at radius 1 is 1.29 bits per heavy atom. The van der Waals surface area contributed by atoms with Crippen molar-refractivity contribution in [3.05, 3.63) is 47.5 Å². The first-order chi connectivity index (χ1) is 10.2. The Labute approximate surface area is 123 Å². The first-order valence-corrected chi connectivity index (χ1v) is 6.95. The third-order valence-electron chi connectivity index (χ3n) is 3.60. The summed E-state index contributed by atoms with van der Waals surface area (Å²) in [6.45, 7) is 1.92. The highest BCUT2D eigenvalue weighted by Crippen LogP contribution is 2.38. The maximum absolute atomic E-state index is 12.3. The number of anilines is 1. The van der Waals surface area contributed by atoms with Crippen LogP contribution in [0, 0.1) is 6.92 Å². The Bertz CT molecular complexity index is 681. The minimum absolute atomic E-state index is 0.215. The highest BCUT2D eigenvalue weighted by atomic mass is 16.5. The quantitative estimate of drug-likeness (QED) is 0.937. The molecule has 0 spiro atoms. The summed E-state index contributed by atoms with van der Waals surface area (Å²) in [6.07, 6.45) is 3.76. The van der Waals surface area contributed by atoms with Gasteiger partial charge in [-0.25, -0.2) is 9.97 Å². The van der Waals surface area contributed by atoms with Gasteiger partial charge < -0.3 is 10.1 Å². The number of carbonyl (C=O) groups excluding carboxylic acids is 1. The molecule has 5 heteroatoms. The monoisotopic (exact) mass is 283 g/mol. The zero-order valence-electron chi connectivity index (χ0n) is 12.1. The number of rotatable bonds is 4. The molecule has 0 radical (unpaired) electrons. The summed E-state index contributed by atoms with van der Waals surface area (Å²) in [5, 5.41) is 2.88.